The number of carbonyl (C=O) groups excluding carboxylic acids is 4. The summed E-state index contributed by atoms with van der Waals surface area (Å²) < 4.78 is 6.22. The summed E-state index contributed by atoms with van der Waals surface area (Å²) >= 11 is 0. The number of nitrogens with one attached hydrogen (secondary N) is 1. The minimum atomic E-state index is -1.29. The average molecular weight is 774 g/mol. The molecule has 0 bridgehead atoms. The van der Waals surface area contributed by atoms with E-state index in [9.17, 15) is 34.2 Å². The van der Waals surface area contributed by atoms with Crippen molar-refractivity contribution in [1.82, 2.24) is 0 Å². The maximum Gasteiger partial charge on any atom is 1.00 e. The number of carboxylic acids is 2. The Balaban J connectivity index is 0.00000336. The maximum absolute atomic E-state index is 13.6. The van der Waals surface area contributed by atoms with E-state index in [1.165, 1.54) is 30.4 Å². The third-order valence-corrected chi connectivity index (χ3v) is 15.0. The van der Waals surface area contributed by atoms with Crippen molar-refractivity contribution in [1.29, 1.82) is 0 Å². The third-order valence-electron chi connectivity index (χ3n) is 15.0. The van der Waals surface area contributed by atoms with Crippen LogP contribution in [-0.2, 0) is 28.7 Å². The number of benzene rings is 1. The fourth-order valence-electron chi connectivity index (χ4n) is 12.0. The quantitative estimate of drug-likeness (QED) is 0.160. The van der Waals surface area contributed by atoms with Crippen molar-refractivity contribution in [2.24, 2.45) is 50.2 Å². The van der Waals surface area contributed by atoms with Gasteiger partial charge in [0, 0.05) is 52.6 Å². The molecule has 7 atom stereocenters. The molecule has 10 nitrogen and oxygen atoms in total. The second kappa shape index (κ2) is 16.2. The van der Waals surface area contributed by atoms with Gasteiger partial charge in [0.15, 0.2) is 0 Å². The zero-order valence-electron chi connectivity index (χ0n) is 33.8. The molecule has 55 heavy (non-hydrogen) atoms. The number of hydrogen-bond donors (Lipinski definition) is 2. The Morgan fingerprint density at radius 2 is 1.62 bits per heavy atom. The van der Waals surface area contributed by atoms with Gasteiger partial charge in [0.25, 0.3) is 0 Å². The smallest absolute Gasteiger partial charge is 0.872 e. The molecule has 4 saturated carbocycles. The minimum Gasteiger partial charge on any atom is -0.872 e. The first-order chi connectivity index (χ1) is 24.7. The van der Waals surface area contributed by atoms with Crippen LogP contribution in [0.1, 0.15) is 111 Å². The first kappa shape index (κ1) is 45.5. The number of ketones is 1. The largest absolute Gasteiger partial charge is 1.00 e. The Bertz CT molecular complexity index is 1830. The van der Waals surface area contributed by atoms with E-state index >= 15 is 0 Å². The fraction of sp³-hybridized carbons (Fsp3) is 0.605. The molecule has 0 heterocycles. The number of rotatable bonds is 8. The molecule has 12 heteroatoms. The Hall–Kier alpha value is -2.21. The van der Waals surface area contributed by atoms with Gasteiger partial charge in [0.1, 0.15) is 12.4 Å². The van der Waals surface area contributed by atoms with Gasteiger partial charge in [0.2, 0.25) is 5.91 Å². The second-order valence-electron chi connectivity index (χ2n) is 18.4. The van der Waals surface area contributed by atoms with Gasteiger partial charge in [-0.15, -0.1) is 5.75 Å². The van der Waals surface area contributed by atoms with Gasteiger partial charge in [-0.05, 0) is 109 Å². The first-order valence-corrected chi connectivity index (χ1v) is 19.0. The molecule has 1 aromatic rings. The molecule has 6 rings (SSSR count). The summed E-state index contributed by atoms with van der Waals surface area (Å²) in [7, 11) is 0. The summed E-state index contributed by atoms with van der Waals surface area (Å²) in [6, 6.07) is 3.89. The minimum absolute atomic E-state index is 0. The molecule has 286 valence electrons. The van der Waals surface area contributed by atoms with E-state index in [4.69, 9.17) is 9.84 Å². The van der Waals surface area contributed by atoms with Crippen LogP contribution in [0.5, 0.6) is 5.75 Å². The Labute approximate surface area is 369 Å². The molecule has 0 aliphatic heterocycles. The molecule has 2 unspecified atom stereocenters. The standard InChI is InChI=1S/C43H55NO9.2Na/c1-38(2)19-20-42(37(51)52)21-22-43(25-53-36(50)14-7-26-23-27(45)8-10-30(26)44-34(47)12-13-35(48)49)28(29(42)24-38)9-11-32-40(5)17-16-33(46)39(3,4)31(40)15-18-41(32,43)6;;/h7-10,12-14,23,29,31-32,45H,11,15-22,24-25H2,1-6H3,(H,44,47)(H,48,49)(H,51,52);;/q;2*+1/p-2/b13-12+,14-7+;;/t29-,31?,32?,40-,41+,42-,43-;;/m0../s1. The van der Waals surface area contributed by atoms with Crippen molar-refractivity contribution in [3.8, 4) is 5.75 Å². The average Bonchev–Trinajstić information content (AvgIpc) is 3.08. The van der Waals surface area contributed by atoms with Gasteiger partial charge < -0.3 is 30.2 Å². The summed E-state index contributed by atoms with van der Waals surface area (Å²) in [5.41, 5.74) is -1.08. The maximum atomic E-state index is 13.6. The van der Waals surface area contributed by atoms with Crippen LogP contribution in [0.2, 0.25) is 0 Å². The SMILES string of the molecule is CC1(C)CC[C@]2(C(=O)[O-])CC[C@]3(COC(=O)/C=C/c4cc([O-])ccc4NC(=O)/C=C/C(=O)O)C(=CCC4[C@@]5(C)CCC(=O)C(C)(C)C5CC[C@]43C)[C@@H]2C1.[Na+].[Na+]. The molecule has 0 radical (unpaired) electrons. The molecule has 0 spiro atoms. The monoisotopic (exact) mass is 773 g/mol. The topological polar surface area (TPSA) is 173 Å². The molecule has 4 fully saturated rings. The summed E-state index contributed by atoms with van der Waals surface area (Å²) in [4.78, 5) is 63.2. The van der Waals surface area contributed by atoms with Crippen LogP contribution >= 0.6 is 0 Å². The molecule has 1 amide bonds. The van der Waals surface area contributed by atoms with Crippen molar-refractivity contribution in [3.63, 3.8) is 0 Å². The predicted molar refractivity (Wildman–Crippen MR) is 195 cm³/mol. The number of Topliss-reactive ketones (excluding diaryl/α,β-unsaturated/α-hetero) is 1. The molecule has 5 aliphatic rings. The number of anilines is 1. The molecule has 5 aliphatic carbocycles. The van der Waals surface area contributed by atoms with E-state index in [0.717, 1.165) is 43.8 Å². The van der Waals surface area contributed by atoms with Crippen LogP contribution in [0.25, 0.3) is 6.08 Å². The molecular formula is C43H53NNa2O9. The fourth-order valence-corrected chi connectivity index (χ4v) is 12.0. The Kier molecular flexibility index (Phi) is 13.4. The Morgan fingerprint density at radius 1 is 0.927 bits per heavy atom. The van der Waals surface area contributed by atoms with Crippen molar-refractivity contribution in [2.45, 2.75) is 106 Å². The van der Waals surface area contributed by atoms with E-state index in [-0.39, 0.29) is 117 Å². The number of aliphatic carboxylic acids is 2. The zero-order chi connectivity index (χ0) is 38.8. The molecule has 1 aromatic carbocycles. The van der Waals surface area contributed by atoms with Gasteiger partial charge in [-0.3, -0.25) is 9.59 Å². The second-order valence-corrected chi connectivity index (χ2v) is 18.4. The van der Waals surface area contributed by atoms with E-state index < -0.39 is 40.1 Å². The van der Waals surface area contributed by atoms with Gasteiger partial charge in [-0.2, -0.15) is 0 Å². The van der Waals surface area contributed by atoms with Gasteiger partial charge >= 0.3 is 71.1 Å². The number of amides is 1. The number of fused-ring (bicyclic) bond motifs is 7. The van der Waals surface area contributed by atoms with E-state index in [0.29, 0.717) is 44.0 Å². The third kappa shape index (κ3) is 7.86. The Morgan fingerprint density at radius 3 is 2.29 bits per heavy atom. The van der Waals surface area contributed by atoms with Crippen LogP contribution in [0.15, 0.2) is 48.1 Å². The molecular weight excluding hydrogens is 720 g/mol. The number of carbonyl (C=O) groups is 5. The van der Waals surface area contributed by atoms with Crippen LogP contribution in [0, 0.1) is 50.2 Å². The molecule has 0 aromatic heterocycles. The first-order valence-electron chi connectivity index (χ1n) is 19.0. The van der Waals surface area contributed by atoms with Crippen molar-refractivity contribution >= 4 is 41.4 Å². The van der Waals surface area contributed by atoms with Crippen LogP contribution in [0.4, 0.5) is 5.69 Å². The summed E-state index contributed by atoms with van der Waals surface area (Å²) in [5.74, 6) is -3.54. The van der Waals surface area contributed by atoms with Crippen molar-refractivity contribution < 1.29 is 103 Å². The zero-order valence-corrected chi connectivity index (χ0v) is 37.8. The van der Waals surface area contributed by atoms with Crippen LogP contribution in [-0.4, -0.2) is 41.3 Å². The van der Waals surface area contributed by atoms with Crippen molar-refractivity contribution in [3.05, 3.63) is 53.6 Å². The predicted octanol–water partition coefficient (Wildman–Crippen LogP) is 0.00470. The number of carboxylic acid groups (broad SMARTS) is 2. The number of hydrogen-bond acceptors (Lipinski definition) is 8. The van der Waals surface area contributed by atoms with E-state index in [1.54, 1.807) is 0 Å². The van der Waals surface area contributed by atoms with Gasteiger partial charge in [-0.1, -0.05) is 65.3 Å². The van der Waals surface area contributed by atoms with E-state index in [2.05, 4.69) is 52.9 Å². The summed E-state index contributed by atoms with van der Waals surface area (Å²) in [6.45, 7) is 13.3. The number of esters is 1. The molecule has 0 saturated heterocycles. The summed E-state index contributed by atoms with van der Waals surface area (Å²) in [6.07, 6.45) is 13.2. The summed E-state index contributed by atoms with van der Waals surface area (Å²) in [5, 5.41) is 36.8. The number of ether oxygens (including phenoxy) is 1. The van der Waals surface area contributed by atoms with Crippen LogP contribution in [0.3, 0.4) is 0 Å². The van der Waals surface area contributed by atoms with Crippen molar-refractivity contribution in [2.75, 3.05) is 11.9 Å². The van der Waals surface area contributed by atoms with E-state index in [1.807, 2.05) is 0 Å². The van der Waals surface area contributed by atoms with Gasteiger partial charge in [-0.25, -0.2) is 9.59 Å². The van der Waals surface area contributed by atoms with Gasteiger partial charge in [0.05, 0.1) is 0 Å². The number of allylic oxidation sites excluding steroid dienone is 1. The van der Waals surface area contributed by atoms with Crippen LogP contribution < -0.4 is 74.6 Å². The molecule has 2 N–H and O–H groups in total. The normalized spacial score (nSPS) is 34.3.